The minimum atomic E-state index is -0.201. The lowest BCUT2D eigenvalue weighted by Gasteiger charge is -2.32. The van der Waals surface area contributed by atoms with Gasteiger partial charge in [-0.15, -0.1) is 0 Å². The van der Waals surface area contributed by atoms with Gasteiger partial charge in [-0.1, -0.05) is 6.92 Å². The summed E-state index contributed by atoms with van der Waals surface area (Å²) in [6.07, 6.45) is 0. The van der Waals surface area contributed by atoms with Crippen LogP contribution in [0.4, 0.5) is 0 Å². The van der Waals surface area contributed by atoms with E-state index in [0.717, 1.165) is 32.7 Å². The van der Waals surface area contributed by atoms with E-state index in [1.807, 2.05) is 0 Å². The number of likely N-dealkylation sites (tertiary alicyclic amines) is 2. The Morgan fingerprint density at radius 1 is 1.07 bits per heavy atom. The molecule has 0 aliphatic carbocycles. The van der Waals surface area contributed by atoms with Gasteiger partial charge >= 0.3 is 0 Å². The van der Waals surface area contributed by atoms with Crippen LogP contribution in [-0.2, 0) is 0 Å². The first-order chi connectivity index (χ1) is 6.90. The zero-order valence-electron chi connectivity index (χ0n) is 10.2. The molecule has 0 bridgehead atoms. The molecule has 15 heavy (non-hydrogen) atoms. The van der Waals surface area contributed by atoms with Crippen molar-refractivity contribution in [3.8, 4) is 0 Å². The second kappa shape index (κ2) is 3.53. The smallest absolute Gasteiger partial charge is 0.0779 e. The number of hydrogen-bond donors (Lipinski definition) is 0. The van der Waals surface area contributed by atoms with E-state index in [1.54, 1.807) is 0 Å². The highest BCUT2D eigenvalue weighted by atomic mass is 15.3. The second-order valence-corrected chi connectivity index (χ2v) is 5.61. The fourth-order valence-corrected chi connectivity index (χ4v) is 2.95. The first-order valence-corrected chi connectivity index (χ1v) is 5.94. The second-order valence-electron chi connectivity index (χ2n) is 5.61. The third-order valence-corrected chi connectivity index (χ3v) is 4.15. The maximum absolute atomic E-state index is 6.48. The zero-order valence-corrected chi connectivity index (χ0v) is 10.2. The maximum atomic E-state index is 6.48. The van der Waals surface area contributed by atoms with Gasteiger partial charge in [0.05, 0.1) is 15.7 Å². The van der Waals surface area contributed by atoms with Crippen LogP contribution in [-0.4, -0.2) is 64.3 Å². The van der Waals surface area contributed by atoms with Crippen molar-refractivity contribution in [2.45, 2.75) is 37.4 Å². The van der Waals surface area contributed by atoms with E-state index in [-0.39, 0.29) is 10.6 Å². The minimum absolute atomic E-state index is 0.201. The fraction of sp³-hybridized carbons (Fsp3) is 1.00. The topological polar surface area (TPSA) is 6.48 Å². The van der Waals surface area contributed by atoms with Gasteiger partial charge in [-0.3, -0.25) is 0 Å². The average molecular weight is 202 g/mol. The number of rotatable bonds is 2. The van der Waals surface area contributed by atoms with Crippen molar-refractivity contribution < 1.29 is 0 Å². The van der Waals surface area contributed by atoms with E-state index in [9.17, 15) is 0 Å². The molecule has 2 nitrogen and oxygen atoms in total. The van der Waals surface area contributed by atoms with Gasteiger partial charge in [0.25, 0.3) is 0 Å². The summed E-state index contributed by atoms with van der Waals surface area (Å²) in [5.74, 6) is 0. The average Bonchev–Trinajstić information content (AvgIpc) is 2.50. The van der Waals surface area contributed by atoms with Crippen LogP contribution in [0.1, 0.15) is 20.8 Å². The van der Waals surface area contributed by atoms with Crippen LogP contribution in [0.2, 0.25) is 10.6 Å². The third-order valence-electron chi connectivity index (χ3n) is 4.15. The molecule has 0 N–H and O–H groups in total. The highest BCUT2D eigenvalue weighted by Crippen LogP contribution is 2.58. The van der Waals surface area contributed by atoms with Crippen LogP contribution in [0, 0.1) is 0 Å². The molecule has 0 spiro atoms. The molecule has 0 amide bonds. The molecule has 0 unspecified atom stereocenters. The highest BCUT2D eigenvalue weighted by molar-refractivity contribution is 6.28. The Morgan fingerprint density at radius 2 is 1.53 bits per heavy atom. The van der Waals surface area contributed by atoms with E-state index < -0.39 is 0 Å². The fourth-order valence-electron chi connectivity index (χ4n) is 2.95. The van der Waals surface area contributed by atoms with Crippen molar-refractivity contribution in [1.29, 1.82) is 0 Å². The Hall–Kier alpha value is 0.0499. The van der Waals surface area contributed by atoms with Gasteiger partial charge in [-0.2, -0.15) is 0 Å². The molecule has 2 atom stereocenters. The lowest BCUT2D eigenvalue weighted by molar-refractivity contribution is 0.230. The Bertz CT molecular complexity index is 239. The van der Waals surface area contributed by atoms with Crippen LogP contribution < -0.4 is 0 Å². The molecule has 0 aromatic rings. The normalized spacial score (nSPS) is 42.7. The Balaban J connectivity index is 2.15. The van der Waals surface area contributed by atoms with E-state index in [2.05, 4.69) is 30.6 Å². The summed E-state index contributed by atoms with van der Waals surface area (Å²) in [7, 11) is 13.0. The van der Waals surface area contributed by atoms with Crippen LogP contribution >= 0.6 is 0 Å². The summed E-state index contributed by atoms with van der Waals surface area (Å²) in [6, 6.07) is 0.548. The summed E-state index contributed by atoms with van der Waals surface area (Å²) in [5.41, 5.74) is 0. The molecule has 80 valence electrons. The van der Waals surface area contributed by atoms with Crippen LogP contribution in [0.25, 0.3) is 0 Å². The standard InChI is InChI=1S/C11H20B2N2/c1-4-14-5-10(12)7-15(9(2)3)8-11(10,13)6-14/h9H,4-8H2,1-3H3/t10-,11+. The van der Waals surface area contributed by atoms with E-state index in [1.165, 1.54) is 0 Å². The van der Waals surface area contributed by atoms with Crippen molar-refractivity contribution in [2.75, 3.05) is 32.7 Å². The van der Waals surface area contributed by atoms with Gasteiger partial charge in [0.2, 0.25) is 0 Å². The molecule has 0 aromatic carbocycles. The summed E-state index contributed by atoms with van der Waals surface area (Å²) in [5, 5.41) is -0.402. The molecule has 2 fully saturated rings. The number of nitrogens with zero attached hydrogens (tertiary/aromatic N) is 2. The van der Waals surface area contributed by atoms with Crippen molar-refractivity contribution in [3.05, 3.63) is 0 Å². The predicted octanol–water partition coefficient (Wildman–Crippen LogP) is 0.700. The van der Waals surface area contributed by atoms with Crippen molar-refractivity contribution in [1.82, 2.24) is 9.80 Å². The predicted molar refractivity (Wildman–Crippen MR) is 65.7 cm³/mol. The summed E-state index contributed by atoms with van der Waals surface area (Å²) >= 11 is 0. The van der Waals surface area contributed by atoms with Gasteiger partial charge in [0.1, 0.15) is 0 Å². The highest BCUT2D eigenvalue weighted by Gasteiger charge is 2.55. The van der Waals surface area contributed by atoms with E-state index in [4.69, 9.17) is 15.7 Å². The quantitative estimate of drug-likeness (QED) is 0.608. The summed E-state index contributed by atoms with van der Waals surface area (Å²) in [4.78, 5) is 4.78. The van der Waals surface area contributed by atoms with E-state index >= 15 is 0 Å². The molecular formula is C11H20B2N2. The molecule has 2 saturated heterocycles. The molecule has 0 saturated carbocycles. The first-order valence-electron chi connectivity index (χ1n) is 5.94. The largest absolute Gasteiger partial charge is 0.304 e. The Kier molecular flexibility index (Phi) is 2.71. The molecule has 2 heterocycles. The van der Waals surface area contributed by atoms with Crippen LogP contribution in [0.15, 0.2) is 0 Å². The Morgan fingerprint density at radius 3 is 1.87 bits per heavy atom. The zero-order chi connectivity index (χ0) is 11.3. The first kappa shape index (κ1) is 11.5. The lowest BCUT2D eigenvalue weighted by atomic mass is 9.48. The molecule has 2 rings (SSSR count). The Labute approximate surface area is 96.2 Å². The van der Waals surface area contributed by atoms with Gasteiger partial charge in [0, 0.05) is 6.04 Å². The van der Waals surface area contributed by atoms with Gasteiger partial charge in [-0.05, 0) is 57.2 Å². The minimum Gasteiger partial charge on any atom is -0.304 e. The molecule has 4 radical (unpaired) electrons. The number of hydrogen-bond acceptors (Lipinski definition) is 2. The molecule has 2 aliphatic heterocycles. The lowest BCUT2D eigenvalue weighted by Crippen LogP contribution is -2.34. The van der Waals surface area contributed by atoms with Crippen molar-refractivity contribution in [2.24, 2.45) is 0 Å². The third kappa shape index (κ3) is 1.66. The molecule has 0 aromatic heterocycles. The van der Waals surface area contributed by atoms with Crippen LogP contribution in [0.5, 0.6) is 0 Å². The molecular weight excluding hydrogens is 182 g/mol. The van der Waals surface area contributed by atoms with Gasteiger partial charge in [-0.25, -0.2) is 0 Å². The van der Waals surface area contributed by atoms with Gasteiger partial charge < -0.3 is 9.80 Å². The molecule has 4 heteroatoms. The van der Waals surface area contributed by atoms with E-state index in [0.29, 0.717) is 6.04 Å². The summed E-state index contributed by atoms with van der Waals surface area (Å²) < 4.78 is 0. The van der Waals surface area contributed by atoms with Gasteiger partial charge in [0.15, 0.2) is 0 Å². The molecule has 2 aliphatic rings. The monoisotopic (exact) mass is 202 g/mol. The van der Waals surface area contributed by atoms with Crippen LogP contribution in [0.3, 0.4) is 0 Å². The number of fused-ring (bicyclic) bond motifs is 1. The maximum Gasteiger partial charge on any atom is 0.0779 e. The summed E-state index contributed by atoms with van der Waals surface area (Å²) in [6.45, 7) is 11.4. The van der Waals surface area contributed by atoms with Crippen molar-refractivity contribution in [3.63, 3.8) is 0 Å². The SMILES string of the molecule is [B][C@@]12CN(CC)C[C@]1([B])CN(C(C)C)C2. The van der Waals surface area contributed by atoms with Crippen molar-refractivity contribution >= 4 is 15.7 Å².